The van der Waals surface area contributed by atoms with Crippen LogP contribution in [0.3, 0.4) is 0 Å². The first-order valence-electron chi connectivity index (χ1n) is 6.20. The van der Waals surface area contributed by atoms with E-state index < -0.39 is 0 Å². The van der Waals surface area contributed by atoms with Gasteiger partial charge in [0, 0.05) is 24.9 Å². The molecule has 1 saturated carbocycles. The minimum absolute atomic E-state index is 0.0758. The molecule has 0 aromatic rings. The lowest BCUT2D eigenvalue weighted by atomic mass is 9.77. The number of carbonyl (C=O) groups excluding carboxylic acids is 2. The standard InChI is InChI=1S/C12H19NO3/c1-2-16-12(15)13-8-4-5-9-10(13)6-3-7-11(9)14/h9-10H,2-8H2,1H3. The van der Waals surface area contributed by atoms with Crippen molar-refractivity contribution in [1.82, 2.24) is 4.90 Å². The quantitative estimate of drug-likeness (QED) is 0.685. The zero-order chi connectivity index (χ0) is 11.5. The zero-order valence-corrected chi connectivity index (χ0v) is 9.78. The Hall–Kier alpha value is -1.06. The van der Waals surface area contributed by atoms with Crippen LogP contribution in [0.25, 0.3) is 0 Å². The molecular formula is C12H19NO3. The fraction of sp³-hybridized carbons (Fsp3) is 0.833. The predicted molar refractivity (Wildman–Crippen MR) is 59.1 cm³/mol. The van der Waals surface area contributed by atoms with Crippen LogP contribution >= 0.6 is 0 Å². The number of likely N-dealkylation sites (tertiary alicyclic amines) is 1. The largest absolute Gasteiger partial charge is 0.450 e. The predicted octanol–water partition coefficient (Wildman–Crippen LogP) is 1.98. The van der Waals surface area contributed by atoms with E-state index in [1.54, 1.807) is 4.90 Å². The van der Waals surface area contributed by atoms with Crippen LogP contribution < -0.4 is 0 Å². The molecule has 90 valence electrons. The van der Waals surface area contributed by atoms with Crippen LogP contribution in [-0.2, 0) is 9.53 Å². The van der Waals surface area contributed by atoms with Gasteiger partial charge in [-0.15, -0.1) is 0 Å². The molecule has 1 heterocycles. The molecule has 0 spiro atoms. The Morgan fingerprint density at radius 3 is 3.00 bits per heavy atom. The lowest BCUT2D eigenvalue weighted by molar-refractivity contribution is -0.128. The molecule has 4 heteroatoms. The van der Waals surface area contributed by atoms with Crippen LogP contribution in [0.1, 0.15) is 39.0 Å². The number of hydrogen-bond donors (Lipinski definition) is 0. The average Bonchev–Trinajstić information content (AvgIpc) is 2.29. The Bertz CT molecular complexity index is 290. The van der Waals surface area contributed by atoms with Crippen LogP contribution in [0.4, 0.5) is 4.79 Å². The van der Waals surface area contributed by atoms with Gasteiger partial charge in [0.25, 0.3) is 0 Å². The smallest absolute Gasteiger partial charge is 0.410 e. The van der Waals surface area contributed by atoms with Gasteiger partial charge in [0.15, 0.2) is 0 Å². The van der Waals surface area contributed by atoms with E-state index in [1.165, 1.54) is 0 Å². The zero-order valence-electron chi connectivity index (χ0n) is 9.78. The summed E-state index contributed by atoms with van der Waals surface area (Å²) < 4.78 is 5.04. The number of piperidine rings is 1. The van der Waals surface area contributed by atoms with Crippen LogP contribution in [0.5, 0.6) is 0 Å². The van der Waals surface area contributed by atoms with Gasteiger partial charge < -0.3 is 9.64 Å². The maximum Gasteiger partial charge on any atom is 0.410 e. The Morgan fingerprint density at radius 1 is 1.44 bits per heavy atom. The molecule has 2 aliphatic rings. The van der Waals surface area contributed by atoms with E-state index in [-0.39, 0.29) is 18.1 Å². The molecule has 1 saturated heterocycles. The molecule has 2 unspecified atom stereocenters. The van der Waals surface area contributed by atoms with Crippen molar-refractivity contribution in [2.75, 3.05) is 13.2 Å². The molecule has 1 aliphatic heterocycles. The highest BCUT2D eigenvalue weighted by atomic mass is 16.6. The fourth-order valence-corrected chi connectivity index (χ4v) is 2.89. The lowest BCUT2D eigenvalue weighted by Gasteiger charge is -2.42. The SMILES string of the molecule is CCOC(=O)N1CCCC2C(=O)CCCC21. The molecule has 16 heavy (non-hydrogen) atoms. The molecule has 0 N–H and O–H groups in total. The van der Waals surface area contributed by atoms with Crippen molar-refractivity contribution in [2.24, 2.45) is 5.92 Å². The highest BCUT2D eigenvalue weighted by Crippen LogP contribution is 2.33. The van der Waals surface area contributed by atoms with Gasteiger partial charge in [-0.3, -0.25) is 4.79 Å². The van der Waals surface area contributed by atoms with Crippen molar-refractivity contribution in [3.8, 4) is 0 Å². The van der Waals surface area contributed by atoms with Crippen molar-refractivity contribution in [1.29, 1.82) is 0 Å². The first-order chi connectivity index (χ1) is 7.74. The van der Waals surface area contributed by atoms with Gasteiger partial charge in [-0.25, -0.2) is 4.79 Å². The lowest BCUT2D eigenvalue weighted by Crippen LogP contribution is -2.52. The highest BCUT2D eigenvalue weighted by molar-refractivity contribution is 5.83. The van der Waals surface area contributed by atoms with Crippen LogP contribution in [0.2, 0.25) is 0 Å². The monoisotopic (exact) mass is 225 g/mol. The van der Waals surface area contributed by atoms with Crippen molar-refractivity contribution in [2.45, 2.75) is 45.1 Å². The minimum Gasteiger partial charge on any atom is -0.450 e. The Balaban J connectivity index is 2.08. The summed E-state index contributed by atoms with van der Waals surface area (Å²) in [6, 6.07) is 0.106. The third-order valence-corrected chi connectivity index (χ3v) is 3.62. The number of carbonyl (C=O) groups is 2. The number of rotatable bonds is 1. The molecule has 1 amide bonds. The maximum atomic E-state index is 11.8. The summed E-state index contributed by atoms with van der Waals surface area (Å²) in [5, 5.41) is 0. The van der Waals surface area contributed by atoms with Gasteiger partial charge in [-0.1, -0.05) is 0 Å². The van der Waals surface area contributed by atoms with E-state index in [9.17, 15) is 9.59 Å². The van der Waals surface area contributed by atoms with Crippen molar-refractivity contribution < 1.29 is 14.3 Å². The third kappa shape index (κ3) is 2.06. The number of nitrogens with zero attached hydrogens (tertiary/aromatic N) is 1. The van der Waals surface area contributed by atoms with Crippen molar-refractivity contribution in [3.05, 3.63) is 0 Å². The molecule has 0 aromatic carbocycles. The number of amides is 1. The van der Waals surface area contributed by atoms with Gasteiger partial charge in [0.05, 0.1) is 6.61 Å². The van der Waals surface area contributed by atoms with Crippen molar-refractivity contribution in [3.63, 3.8) is 0 Å². The summed E-state index contributed by atoms with van der Waals surface area (Å²) in [5.41, 5.74) is 0. The molecule has 4 nitrogen and oxygen atoms in total. The molecule has 0 radical (unpaired) electrons. The maximum absolute atomic E-state index is 11.8. The average molecular weight is 225 g/mol. The van der Waals surface area contributed by atoms with E-state index in [0.717, 1.165) is 32.2 Å². The van der Waals surface area contributed by atoms with Gasteiger partial charge in [-0.2, -0.15) is 0 Å². The van der Waals surface area contributed by atoms with Gasteiger partial charge in [0.2, 0.25) is 0 Å². The summed E-state index contributed by atoms with van der Waals surface area (Å²) in [6.07, 6.45) is 4.18. The number of fused-ring (bicyclic) bond motifs is 1. The molecule has 0 aromatic heterocycles. The fourth-order valence-electron chi connectivity index (χ4n) is 2.89. The highest BCUT2D eigenvalue weighted by Gasteiger charge is 2.40. The van der Waals surface area contributed by atoms with Gasteiger partial charge >= 0.3 is 6.09 Å². The van der Waals surface area contributed by atoms with E-state index in [4.69, 9.17) is 4.74 Å². The molecule has 2 rings (SSSR count). The Kier molecular flexibility index (Phi) is 3.46. The number of Topliss-reactive ketones (excluding diaryl/α,β-unsaturated/α-hetero) is 1. The third-order valence-electron chi connectivity index (χ3n) is 3.62. The summed E-state index contributed by atoms with van der Waals surface area (Å²) in [6.45, 7) is 2.96. The topological polar surface area (TPSA) is 46.6 Å². The Morgan fingerprint density at radius 2 is 2.25 bits per heavy atom. The number of ketones is 1. The summed E-state index contributed by atoms with van der Waals surface area (Å²) in [7, 11) is 0. The van der Waals surface area contributed by atoms with E-state index >= 15 is 0 Å². The van der Waals surface area contributed by atoms with E-state index in [2.05, 4.69) is 0 Å². The van der Waals surface area contributed by atoms with E-state index in [0.29, 0.717) is 18.8 Å². The molecule has 0 bridgehead atoms. The Labute approximate surface area is 95.9 Å². The van der Waals surface area contributed by atoms with Crippen LogP contribution in [0, 0.1) is 5.92 Å². The second kappa shape index (κ2) is 4.85. The number of hydrogen-bond acceptors (Lipinski definition) is 3. The summed E-state index contributed by atoms with van der Waals surface area (Å²) in [4.78, 5) is 25.3. The normalized spacial score (nSPS) is 29.8. The second-order valence-corrected chi connectivity index (χ2v) is 4.57. The van der Waals surface area contributed by atoms with Gasteiger partial charge in [0.1, 0.15) is 5.78 Å². The molecular weight excluding hydrogens is 206 g/mol. The first kappa shape index (κ1) is 11.4. The number of ether oxygens (including phenoxy) is 1. The van der Waals surface area contributed by atoms with Crippen molar-refractivity contribution >= 4 is 11.9 Å². The summed E-state index contributed by atoms with van der Waals surface area (Å²) in [5.74, 6) is 0.414. The first-order valence-corrected chi connectivity index (χ1v) is 6.20. The van der Waals surface area contributed by atoms with Gasteiger partial charge in [-0.05, 0) is 32.6 Å². The van der Waals surface area contributed by atoms with E-state index in [1.807, 2.05) is 6.92 Å². The van der Waals surface area contributed by atoms with Crippen LogP contribution in [-0.4, -0.2) is 36.0 Å². The second-order valence-electron chi connectivity index (χ2n) is 4.57. The van der Waals surface area contributed by atoms with Crippen LogP contribution in [0.15, 0.2) is 0 Å². The minimum atomic E-state index is -0.244. The molecule has 2 fully saturated rings. The molecule has 1 aliphatic carbocycles. The summed E-state index contributed by atoms with van der Waals surface area (Å²) >= 11 is 0. The molecule has 2 atom stereocenters.